The van der Waals surface area contributed by atoms with Crippen LogP contribution < -0.4 is 20.3 Å². The quantitative estimate of drug-likeness (QED) is 0.632. The highest BCUT2D eigenvalue weighted by atomic mass is 19.1. The molecule has 3 aromatic heterocycles. The van der Waals surface area contributed by atoms with Crippen LogP contribution in [-0.4, -0.2) is 77.1 Å². The lowest BCUT2D eigenvalue weighted by Crippen LogP contribution is -2.37. The van der Waals surface area contributed by atoms with Crippen LogP contribution in [0.4, 0.5) is 16.2 Å². The van der Waals surface area contributed by atoms with Gasteiger partial charge in [-0.05, 0) is 13.0 Å². The van der Waals surface area contributed by atoms with Gasteiger partial charge in [0, 0.05) is 31.7 Å². The number of nitrogens with one attached hydrogen (secondary N) is 2. The van der Waals surface area contributed by atoms with Crippen molar-refractivity contribution in [2.24, 2.45) is 0 Å². The molecule has 1 atom stereocenters. The number of rotatable bonds is 5. The summed E-state index contributed by atoms with van der Waals surface area (Å²) in [6.07, 6.45) is 3.71. The van der Waals surface area contributed by atoms with Crippen molar-refractivity contribution in [2.45, 2.75) is 12.5 Å². The third-order valence-corrected chi connectivity index (χ3v) is 5.35. The predicted octanol–water partition coefficient (Wildman–Crippen LogP) is 0.944. The van der Waals surface area contributed by atoms with E-state index in [9.17, 15) is 4.39 Å². The van der Waals surface area contributed by atoms with E-state index in [1.807, 2.05) is 0 Å². The van der Waals surface area contributed by atoms with Gasteiger partial charge in [-0.2, -0.15) is 0 Å². The lowest BCUT2D eigenvalue weighted by Gasteiger charge is -2.28. The Hall–Kier alpha value is -3.05. The molecule has 2 fully saturated rings. The van der Waals surface area contributed by atoms with Crippen LogP contribution in [0, 0.1) is 5.82 Å². The number of nitrogens with zero attached hydrogens (tertiary/aromatic N) is 6. The molecule has 2 N–H and O–H groups in total. The Balaban J connectivity index is 1.55. The van der Waals surface area contributed by atoms with Crippen LogP contribution in [0.25, 0.3) is 17.0 Å². The third kappa shape index (κ3) is 3.50. The van der Waals surface area contributed by atoms with Gasteiger partial charge in [0.1, 0.15) is 11.4 Å². The molecule has 11 heteroatoms. The molecule has 0 amide bonds. The first kappa shape index (κ1) is 18.9. The Morgan fingerprint density at radius 3 is 2.90 bits per heavy atom. The number of hydrogen-bond acceptors (Lipinski definition) is 9. The highest BCUT2D eigenvalue weighted by Crippen LogP contribution is 2.30. The van der Waals surface area contributed by atoms with Crippen molar-refractivity contribution in [2.75, 3.05) is 56.7 Å². The minimum Gasteiger partial charge on any atom is -0.493 e. The molecule has 0 aliphatic carbocycles. The van der Waals surface area contributed by atoms with Gasteiger partial charge in [0.05, 0.1) is 32.7 Å². The van der Waals surface area contributed by atoms with Gasteiger partial charge in [0.2, 0.25) is 5.95 Å². The highest BCUT2D eigenvalue weighted by Gasteiger charge is 2.22. The average Bonchev–Trinajstić information content (AvgIpc) is 3.44. The fourth-order valence-electron chi connectivity index (χ4n) is 3.77. The number of halogens is 1. The van der Waals surface area contributed by atoms with Gasteiger partial charge in [0.25, 0.3) is 0 Å². The molecular weight excluding hydrogens is 391 g/mol. The van der Waals surface area contributed by atoms with E-state index in [1.165, 1.54) is 6.20 Å². The summed E-state index contributed by atoms with van der Waals surface area (Å²) in [5.41, 5.74) is 1.15. The number of ether oxygens (including phenoxy) is 2. The topological polar surface area (TPSA) is 102 Å². The number of morpholine rings is 1. The second-order valence-corrected chi connectivity index (χ2v) is 7.27. The van der Waals surface area contributed by atoms with Crippen LogP contribution in [0.1, 0.15) is 6.42 Å². The first-order valence-electron chi connectivity index (χ1n) is 9.98. The van der Waals surface area contributed by atoms with E-state index in [4.69, 9.17) is 14.6 Å². The molecule has 2 saturated heterocycles. The van der Waals surface area contributed by atoms with E-state index >= 15 is 0 Å². The summed E-state index contributed by atoms with van der Waals surface area (Å²) in [4.78, 5) is 15.0. The Morgan fingerprint density at radius 2 is 2.13 bits per heavy atom. The fourth-order valence-corrected chi connectivity index (χ4v) is 3.77. The van der Waals surface area contributed by atoms with Crippen molar-refractivity contribution in [3.8, 4) is 17.1 Å². The zero-order valence-corrected chi connectivity index (χ0v) is 16.6. The van der Waals surface area contributed by atoms with Gasteiger partial charge in [-0.1, -0.05) is 0 Å². The van der Waals surface area contributed by atoms with E-state index < -0.39 is 5.82 Å². The summed E-state index contributed by atoms with van der Waals surface area (Å²) >= 11 is 0. The van der Waals surface area contributed by atoms with Crippen LogP contribution in [-0.2, 0) is 4.74 Å². The van der Waals surface area contributed by atoms with Crippen molar-refractivity contribution in [3.63, 3.8) is 0 Å². The van der Waals surface area contributed by atoms with E-state index in [2.05, 4.69) is 30.5 Å². The van der Waals surface area contributed by atoms with Crippen LogP contribution in [0.2, 0.25) is 0 Å². The Kier molecular flexibility index (Phi) is 5.05. The third-order valence-electron chi connectivity index (χ3n) is 5.35. The van der Waals surface area contributed by atoms with Crippen LogP contribution >= 0.6 is 0 Å². The van der Waals surface area contributed by atoms with Gasteiger partial charge in [0.15, 0.2) is 23.0 Å². The summed E-state index contributed by atoms with van der Waals surface area (Å²) in [5, 5.41) is 11.3. The molecule has 0 aromatic carbocycles. The second-order valence-electron chi connectivity index (χ2n) is 7.27. The maximum absolute atomic E-state index is 14.7. The Morgan fingerprint density at radius 1 is 1.27 bits per heavy atom. The number of fused-ring (bicyclic) bond motifs is 1. The predicted molar refractivity (Wildman–Crippen MR) is 108 cm³/mol. The molecular formula is C19H23FN8O2. The Labute approximate surface area is 172 Å². The second kappa shape index (κ2) is 8.00. The molecule has 2 aliphatic heterocycles. The first-order valence-corrected chi connectivity index (χ1v) is 9.98. The smallest absolute Gasteiger partial charge is 0.223 e. The van der Waals surface area contributed by atoms with Crippen molar-refractivity contribution >= 4 is 17.4 Å². The number of hydrogen-bond donors (Lipinski definition) is 2. The van der Waals surface area contributed by atoms with E-state index in [0.29, 0.717) is 55.2 Å². The van der Waals surface area contributed by atoms with Gasteiger partial charge in [-0.3, -0.25) is 0 Å². The van der Waals surface area contributed by atoms with Gasteiger partial charge in [-0.15, -0.1) is 5.10 Å². The van der Waals surface area contributed by atoms with Crippen molar-refractivity contribution in [1.82, 2.24) is 29.9 Å². The fraction of sp³-hybridized carbons (Fsp3) is 0.474. The summed E-state index contributed by atoms with van der Waals surface area (Å²) < 4.78 is 27.2. The minimum absolute atomic E-state index is 0.150. The maximum Gasteiger partial charge on any atom is 0.223 e. The zero-order chi connectivity index (χ0) is 20.5. The van der Waals surface area contributed by atoms with Crippen molar-refractivity contribution in [3.05, 3.63) is 24.3 Å². The Bertz CT molecular complexity index is 1050. The number of imidazole rings is 1. The van der Waals surface area contributed by atoms with Crippen LogP contribution in [0.15, 0.2) is 18.5 Å². The molecule has 0 bridgehead atoms. The lowest BCUT2D eigenvalue weighted by atomic mass is 10.2. The molecule has 1 unspecified atom stereocenters. The number of methoxy groups -OCH3 is 1. The first-order chi connectivity index (χ1) is 14.7. The number of anilines is 2. The standard InChI is InChI=1S/C19H23FN8O2/c1-29-15-8-16-22-11-14(28(16)26-18(15)27-4-6-30-7-5-27)17-13(20)10-23-19(25-17)24-12-2-3-21-9-12/h8,10-12,21H,2-7,9H2,1H3,(H,23,24,25). The van der Waals surface area contributed by atoms with Gasteiger partial charge in [-0.25, -0.2) is 23.9 Å². The average molecular weight is 414 g/mol. The molecule has 10 nitrogen and oxygen atoms in total. The molecule has 2 aliphatic rings. The molecule has 0 radical (unpaired) electrons. The van der Waals surface area contributed by atoms with Gasteiger partial charge < -0.3 is 25.0 Å². The van der Waals surface area contributed by atoms with Crippen molar-refractivity contribution in [1.29, 1.82) is 0 Å². The van der Waals surface area contributed by atoms with E-state index in [-0.39, 0.29) is 11.7 Å². The summed E-state index contributed by atoms with van der Waals surface area (Å²) in [6.45, 7) is 4.40. The molecule has 0 spiro atoms. The lowest BCUT2D eigenvalue weighted by molar-refractivity contribution is 0.122. The van der Waals surface area contributed by atoms with Crippen LogP contribution in [0.5, 0.6) is 5.75 Å². The zero-order valence-electron chi connectivity index (χ0n) is 16.6. The molecule has 5 rings (SSSR count). The van der Waals surface area contributed by atoms with Gasteiger partial charge >= 0.3 is 0 Å². The largest absolute Gasteiger partial charge is 0.493 e. The normalized spacial score (nSPS) is 19.4. The maximum atomic E-state index is 14.7. The van der Waals surface area contributed by atoms with Crippen LogP contribution in [0.3, 0.4) is 0 Å². The summed E-state index contributed by atoms with van der Waals surface area (Å²) in [6, 6.07) is 2.02. The molecule has 158 valence electrons. The van der Waals surface area contributed by atoms with Crippen molar-refractivity contribution < 1.29 is 13.9 Å². The minimum atomic E-state index is -0.530. The molecule has 5 heterocycles. The molecule has 30 heavy (non-hydrogen) atoms. The monoisotopic (exact) mass is 414 g/mol. The highest BCUT2D eigenvalue weighted by molar-refractivity contribution is 5.65. The van der Waals surface area contributed by atoms with E-state index in [1.54, 1.807) is 23.9 Å². The molecule has 3 aromatic rings. The SMILES string of the molecule is COc1cc2ncc(-c3nc(NC4CCNC4)ncc3F)n2nc1N1CCOCC1. The summed E-state index contributed by atoms with van der Waals surface area (Å²) in [7, 11) is 1.60. The molecule has 0 saturated carbocycles. The number of aromatic nitrogens is 5. The summed E-state index contributed by atoms with van der Waals surface area (Å²) in [5.74, 6) is 1.13. The van der Waals surface area contributed by atoms with E-state index in [0.717, 1.165) is 19.5 Å².